The summed E-state index contributed by atoms with van der Waals surface area (Å²) in [5.41, 5.74) is 1.26. The summed E-state index contributed by atoms with van der Waals surface area (Å²) in [5, 5.41) is 4.93. The third-order valence-electron chi connectivity index (χ3n) is 5.05. The van der Waals surface area contributed by atoms with Crippen molar-refractivity contribution in [3.05, 3.63) is 23.9 Å². The Morgan fingerprint density at radius 1 is 1.43 bits per heavy atom. The summed E-state index contributed by atoms with van der Waals surface area (Å²) in [7, 11) is 1.62. The second kappa shape index (κ2) is 5.53. The third-order valence-corrected chi connectivity index (χ3v) is 5.05. The Hall–Kier alpha value is -2.08. The first-order valence-electron chi connectivity index (χ1n) is 8.02. The predicted molar refractivity (Wildman–Crippen MR) is 83.4 cm³/mol. The Balaban J connectivity index is 1.59. The topological polar surface area (TPSA) is 64.8 Å². The van der Waals surface area contributed by atoms with E-state index in [9.17, 15) is 4.79 Å². The maximum Gasteiger partial charge on any atom is 0.229 e. The number of hydrogen-bond donors (Lipinski definition) is 0. The van der Waals surface area contributed by atoms with Crippen LogP contribution in [0.15, 0.2) is 22.7 Å². The fourth-order valence-electron chi connectivity index (χ4n) is 3.79. The quantitative estimate of drug-likeness (QED) is 0.868. The molecule has 1 spiro atoms. The van der Waals surface area contributed by atoms with Crippen LogP contribution in [0.25, 0.3) is 11.0 Å². The van der Waals surface area contributed by atoms with Gasteiger partial charge in [-0.15, -0.1) is 0 Å². The van der Waals surface area contributed by atoms with E-state index >= 15 is 0 Å². The molecule has 1 amide bonds. The van der Waals surface area contributed by atoms with Crippen LogP contribution in [-0.4, -0.2) is 48.4 Å². The fourth-order valence-corrected chi connectivity index (χ4v) is 3.79. The van der Waals surface area contributed by atoms with Crippen LogP contribution in [0.2, 0.25) is 0 Å². The van der Waals surface area contributed by atoms with Gasteiger partial charge in [-0.2, -0.15) is 0 Å². The monoisotopic (exact) mass is 316 g/mol. The number of hydrogen-bond acceptors (Lipinski definition) is 5. The molecular weight excluding hydrogens is 296 g/mol. The molecule has 2 saturated heterocycles. The second-order valence-corrected chi connectivity index (χ2v) is 6.34. The van der Waals surface area contributed by atoms with Gasteiger partial charge in [0.15, 0.2) is 5.58 Å². The van der Waals surface area contributed by atoms with Crippen LogP contribution >= 0.6 is 0 Å². The molecule has 0 N–H and O–H groups in total. The van der Waals surface area contributed by atoms with Crippen molar-refractivity contribution < 1.29 is 18.8 Å². The molecule has 23 heavy (non-hydrogen) atoms. The molecular formula is C17H20N2O4. The molecule has 3 heterocycles. The lowest BCUT2D eigenvalue weighted by Gasteiger charge is -2.33. The van der Waals surface area contributed by atoms with Gasteiger partial charge in [-0.1, -0.05) is 5.16 Å². The van der Waals surface area contributed by atoms with E-state index in [4.69, 9.17) is 14.0 Å². The van der Waals surface area contributed by atoms with Crippen molar-refractivity contribution in [2.24, 2.45) is 0 Å². The SMILES string of the molecule is COc1ccc2onc(CC(=O)N3CCC[C@]34CCOC4)c2c1. The molecule has 1 atom stereocenters. The number of carbonyl (C=O) groups is 1. The van der Waals surface area contributed by atoms with Gasteiger partial charge in [0.05, 0.1) is 25.7 Å². The number of methoxy groups -OCH3 is 1. The number of amides is 1. The number of ether oxygens (including phenoxy) is 2. The number of nitrogens with zero attached hydrogens (tertiary/aromatic N) is 2. The van der Waals surface area contributed by atoms with E-state index < -0.39 is 0 Å². The van der Waals surface area contributed by atoms with Gasteiger partial charge in [0.25, 0.3) is 0 Å². The zero-order valence-corrected chi connectivity index (χ0v) is 13.2. The van der Waals surface area contributed by atoms with Crippen LogP contribution in [0.1, 0.15) is 25.0 Å². The third kappa shape index (κ3) is 2.37. The van der Waals surface area contributed by atoms with Crippen molar-refractivity contribution in [3.8, 4) is 5.75 Å². The zero-order valence-electron chi connectivity index (χ0n) is 13.2. The van der Waals surface area contributed by atoms with Crippen LogP contribution in [0, 0.1) is 0 Å². The van der Waals surface area contributed by atoms with Gasteiger partial charge in [-0.25, -0.2) is 0 Å². The number of fused-ring (bicyclic) bond motifs is 1. The Kier molecular flexibility index (Phi) is 3.49. The lowest BCUT2D eigenvalue weighted by molar-refractivity contribution is -0.134. The molecule has 0 aliphatic carbocycles. The van der Waals surface area contributed by atoms with Gasteiger partial charge in [0.2, 0.25) is 5.91 Å². The number of aromatic nitrogens is 1. The highest BCUT2D eigenvalue weighted by molar-refractivity contribution is 5.87. The summed E-state index contributed by atoms with van der Waals surface area (Å²) in [6, 6.07) is 5.51. The molecule has 0 unspecified atom stereocenters. The average Bonchev–Trinajstić information content (AvgIpc) is 3.29. The van der Waals surface area contributed by atoms with E-state index in [0.717, 1.165) is 43.5 Å². The van der Waals surface area contributed by atoms with Crippen LogP contribution in [0.3, 0.4) is 0 Å². The van der Waals surface area contributed by atoms with Gasteiger partial charge >= 0.3 is 0 Å². The Morgan fingerprint density at radius 3 is 3.13 bits per heavy atom. The number of rotatable bonds is 3. The van der Waals surface area contributed by atoms with Crippen LogP contribution in [-0.2, 0) is 16.0 Å². The Labute approximate surface area is 134 Å². The molecule has 4 rings (SSSR count). The van der Waals surface area contributed by atoms with E-state index in [1.807, 2.05) is 23.1 Å². The predicted octanol–water partition coefficient (Wildman–Crippen LogP) is 2.16. The van der Waals surface area contributed by atoms with Crippen molar-refractivity contribution in [1.82, 2.24) is 10.1 Å². The number of likely N-dealkylation sites (tertiary alicyclic amines) is 1. The minimum absolute atomic E-state index is 0.0890. The Morgan fingerprint density at radius 2 is 2.35 bits per heavy atom. The maximum absolute atomic E-state index is 12.8. The molecule has 6 heteroatoms. The number of carbonyl (C=O) groups excluding carboxylic acids is 1. The van der Waals surface area contributed by atoms with E-state index in [0.29, 0.717) is 17.9 Å². The normalized spacial score (nSPS) is 24.0. The molecule has 6 nitrogen and oxygen atoms in total. The van der Waals surface area contributed by atoms with Gasteiger partial charge in [0.1, 0.15) is 11.4 Å². The van der Waals surface area contributed by atoms with Gasteiger partial charge < -0.3 is 18.9 Å². The van der Waals surface area contributed by atoms with Crippen molar-refractivity contribution in [2.45, 2.75) is 31.2 Å². The van der Waals surface area contributed by atoms with Gasteiger partial charge in [0, 0.05) is 18.5 Å². The van der Waals surface area contributed by atoms with E-state index in [-0.39, 0.29) is 17.9 Å². The second-order valence-electron chi connectivity index (χ2n) is 6.34. The van der Waals surface area contributed by atoms with Crippen LogP contribution in [0.4, 0.5) is 0 Å². The molecule has 1 aromatic carbocycles. The molecule has 2 aromatic rings. The van der Waals surface area contributed by atoms with Gasteiger partial charge in [-0.05, 0) is 37.5 Å². The first kappa shape index (κ1) is 14.5. The highest BCUT2D eigenvalue weighted by Crippen LogP contribution is 2.37. The molecule has 0 saturated carbocycles. The molecule has 2 fully saturated rings. The van der Waals surface area contributed by atoms with E-state index in [2.05, 4.69) is 5.16 Å². The smallest absolute Gasteiger partial charge is 0.229 e. The lowest BCUT2D eigenvalue weighted by atomic mass is 9.95. The Bertz CT molecular complexity index is 728. The van der Waals surface area contributed by atoms with Gasteiger partial charge in [-0.3, -0.25) is 4.79 Å². The molecule has 2 aliphatic heterocycles. The van der Waals surface area contributed by atoms with Crippen molar-refractivity contribution in [3.63, 3.8) is 0 Å². The molecule has 0 bridgehead atoms. The molecule has 2 aliphatic rings. The largest absolute Gasteiger partial charge is 0.497 e. The minimum atomic E-state index is -0.0890. The van der Waals surface area contributed by atoms with E-state index in [1.54, 1.807) is 7.11 Å². The highest BCUT2D eigenvalue weighted by atomic mass is 16.5. The number of benzene rings is 1. The molecule has 0 radical (unpaired) electrons. The minimum Gasteiger partial charge on any atom is -0.497 e. The van der Waals surface area contributed by atoms with Crippen molar-refractivity contribution >= 4 is 16.9 Å². The molecule has 1 aromatic heterocycles. The zero-order chi connectivity index (χ0) is 15.9. The fraction of sp³-hybridized carbons (Fsp3) is 0.529. The lowest BCUT2D eigenvalue weighted by Crippen LogP contribution is -2.48. The van der Waals surface area contributed by atoms with Crippen LogP contribution < -0.4 is 4.74 Å². The van der Waals surface area contributed by atoms with Crippen molar-refractivity contribution in [2.75, 3.05) is 26.9 Å². The van der Waals surface area contributed by atoms with E-state index in [1.165, 1.54) is 0 Å². The summed E-state index contributed by atoms with van der Waals surface area (Å²) in [6.45, 7) is 2.21. The summed E-state index contributed by atoms with van der Waals surface area (Å²) in [5.74, 6) is 0.835. The maximum atomic E-state index is 12.8. The molecule has 122 valence electrons. The summed E-state index contributed by atoms with van der Waals surface area (Å²) >= 11 is 0. The van der Waals surface area contributed by atoms with Crippen LogP contribution in [0.5, 0.6) is 5.75 Å². The summed E-state index contributed by atoms with van der Waals surface area (Å²) in [4.78, 5) is 14.8. The van der Waals surface area contributed by atoms with Crippen molar-refractivity contribution in [1.29, 1.82) is 0 Å². The highest BCUT2D eigenvalue weighted by Gasteiger charge is 2.46. The first-order chi connectivity index (χ1) is 11.2. The summed E-state index contributed by atoms with van der Waals surface area (Å²) in [6.07, 6.45) is 3.27. The summed E-state index contributed by atoms with van der Waals surface area (Å²) < 4.78 is 16.1. The first-order valence-corrected chi connectivity index (χ1v) is 8.02. The standard InChI is InChI=1S/C17H20N2O4/c1-21-12-3-4-15-13(9-12)14(18-23-15)10-16(20)19-7-2-5-17(19)6-8-22-11-17/h3-4,9H,2,5-8,10-11H2,1H3/t17-/m1/s1. The average molecular weight is 316 g/mol.